The Morgan fingerprint density at radius 3 is 2.74 bits per heavy atom. The van der Waals surface area contributed by atoms with Gasteiger partial charge in [-0.05, 0) is 37.3 Å². The molecule has 0 unspecified atom stereocenters. The zero-order valence-electron chi connectivity index (χ0n) is 12.9. The monoisotopic (exact) mass is 332 g/mol. The maximum Gasteiger partial charge on any atom is 0.164 e. The molecule has 3 rings (SSSR count). The van der Waals surface area contributed by atoms with Crippen molar-refractivity contribution in [1.82, 2.24) is 15.0 Å². The number of piperidine rings is 1. The Kier molecular flexibility index (Phi) is 5.49. The van der Waals surface area contributed by atoms with Crippen molar-refractivity contribution in [2.75, 3.05) is 24.2 Å². The lowest BCUT2D eigenvalue weighted by molar-refractivity contribution is 0.386. The minimum atomic E-state index is -1.75. The third-order valence-corrected chi connectivity index (χ3v) is 4.94. The fraction of sp³-hybridized carbons (Fsp3) is 0.438. The van der Waals surface area contributed by atoms with Crippen molar-refractivity contribution in [3.8, 4) is 11.3 Å². The second-order valence-electron chi connectivity index (χ2n) is 5.82. The van der Waals surface area contributed by atoms with E-state index in [2.05, 4.69) is 19.9 Å². The van der Waals surface area contributed by atoms with E-state index in [-0.39, 0.29) is 0 Å². The molecule has 2 N–H and O–H groups in total. The van der Waals surface area contributed by atoms with Crippen LogP contribution in [0.5, 0.6) is 0 Å². The SMILES string of the molecule is OP(O)CCC1CCN(c2cc(-c3cccnc3)ncn2)CC1. The average Bonchev–Trinajstić information content (AvgIpc) is 2.61. The topological polar surface area (TPSA) is 82.4 Å². The van der Waals surface area contributed by atoms with Crippen molar-refractivity contribution in [2.45, 2.75) is 19.3 Å². The molecule has 0 spiro atoms. The van der Waals surface area contributed by atoms with E-state index in [0.29, 0.717) is 12.1 Å². The van der Waals surface area contributed by atoms with Gasteiger partial charge in [-0.2, -0.15) is 0 Å². The molecule has 3 heterocycles. The van der Waals surface area contributed by atoms with E-state index in [1.807, 2.05) is 18.2 Å². The summed E-state index contributed by atoms with van der Waals surface area (Å²) in [5, 5.41) is 0. The molecule has 7 heteroatoms. The van der Waals surface area contributed by atoms with Gasteiger partial charge < -0.3 is 14.7 Å². The predicted octanol–water partition coefficient (Wildman–Crippen LogP) is 2.44. The fourth-order valence-electron chi connectivity index (χ4n) is 2.94. The highest BCUT2D eigenvalue weighted by atomic mass is 31.2. The van der Waals surface area contributed by atoms with E-state index < -0.39 is 8.38 Å². The van der Waals surface area contributed by atoms with Crippen molar-refractivity contribution in [1.29, 1.82) is 0 Å². The van der Waals surface area contributed by atoms with Crippen LogP contribution >= 0.6 is 8.38 Å². The molecule has 122 valence electrons. The van der Waals surface area contributed by atoms with Gasteiger partial charge in [-0.3, -0.25) is 4.98 Å². The van der Waals surface area contributed by atoms with E-state index in [1.54, 1.807) is 18.7 Å². The summed E-state index contributed by atoms with van der Waals surface area (Å²) in [5.41, 5.74) is 1.88. The molecule has 0 radical (unpaired) electrons. The number of hydrogen-bond acceptors (Lipinski definition) is 6. The Bertz CT molecular complexity index is 618. The van der Waals surface area contributed by atoms with E-state index >= 15 is 0 Å². The summed E-state index contributed by atoms with van der Waals surface area (Å²) < 4.78 is 0. The van der Waals surface area contributed by atoms with Crippen LogP contribution in [0, 0.1) is 5.92 Å². The van der Waals surface area contributed by atoms with E-state index in [9.17, 15) is 0 Å². The summed E-state index contributed by atoms with van der Waals surface area (Å²) in [6, 6.07) is 5.91. The van der Waals surface area contributed by atoms with Crippen LogP contribution in [-0.4, -0.2) is 44.0 Å². The highest BCUT2D eigenvalue weighted by molar-refractivity contribution is 7.45. The number of aromatic nitrogens is 3. The summed E-state index contributed by atoms with van der Waals surface area (Å²) in [6.45, 7) is 1.89. The Morgan fingerprint density at radius 1 is 1.22 bits per heavy atom. The molecule has 1 aliphatic rings. The third kappa shape index (κ3) is 4.44. The molecule has 1 saturated heterocycles. The third-order valence-electron chi connectivity index (χ3n) is 4.29. The first-order chi connectivity index (χ1) is 11.2. The Labute approximate surface area is 137 Å². The molecule has 0 saturated carbocycles. The minimum absolute atomic E-state index is 0.526. The molecule has 23 heavy (non-hydrogen) atoms. The first-order valence-corrected chi connectivity index (χ1v) is 9.28. The van der Waals surface area contributed by atoms with E-state index in [1.165, 1.54) is 0 Å². The van der Waals surface area contributed by atoms with Gasteiger partial charge >= 0.3 is 0 Å². The molecule has 2 aromatic heterocycles. The quantitative estimate of drug-likeness (QED) is 0.819. The summed E-state index contributed by atoms with van der Waals surface area (Å²) in [6.07, 6.45) is 8.72. The molecule has 1 fully saturated rings. The van der Waals surface area contributed by atoms with Gasteiger partial charge in [0.05, 0.1) is 5.69 Å². The van der Waals surface area contributed by atoms with Gasteiger partial charge in [0.2, 0.25) is 0 Å². The molecular weight excluding hydrogens is 311 g/mol. The van der Waals surface area contributed by atoms with Gasteiger partial charge in [0, 0.05) is 43.3 Å². The molecule has 0 aromatic carbocycles. The first kappa shape index (κ1) is 16.2. The van der Waals surface area contributed by atoms with Crippen LogP contribution < -0.4 is 4.90 Å². The first-order valence-electron chi connectivity index (χ1n) is 7.85. The Morgan fingerprint density at radius 2 is 2.04 bits per heavy atom. The molecule has 0 amide bonds. The largest absolute Gasteiger partial charge is 0.356 e. The Balaban J connectivity index is 1.63. The van der Waals surface area contributed by atoms with Crippen LogP contribution in [-0.2, 0) is 0 Å². The van der Waals surface area contributed by atoms with Crippen molar-refractivity contribution in [3.05, 3.63) is 36.9 Å². The maximum atomic E-state index is 9.04. The highest BCUT2D eigenvalue weighted by Gasteiger charge is 2.21. The number of nitrogens with zero attached hydrogens (tertiary/aromatic N) is 4. The van der Waals surface area contributed by atoms with E-state index in [0.717, 1.165) is 49.4 Å². The average molecular weight is 332 g/mol. The molecule has 0 bridgehead atoms. The van der Waals surface area contributed by atoms with Crippen LogP contribution in [0.1, 0.15) is 19.3 Å². The van der Waals surface area contributed by atoms with Crippen LogP contribution in [0.15, 0.2) is 36.9 Å². The summed E-state index contributed by atoms with van der Waals surface area (Å²) in [7, 11) is -1.75. The lowest BCUT2D eigenvalue weighted by Gasteiger charge is -2.33. The molecule has 6 nitrogen and oxygen atoms in total. The summed E-state index contributed by atoms with van der Waals surface area (Å²) in [5.74, 6) is 1.53. The second-order valence-corrected chi connectivity index (χ2v) is 7.01. The van der Waals surface area contributed by atoms with Gasteiger partial charge in [-0.25, -0.2) is 9.97 Å². The standard InChI is InChI=1S/C16H21N4O2P/c21-23(22)9-5-13-3-7-20(8-4-13)16-10-15(18-12-19-16)14-2-1-6-17-11-14/h1-2,6,10-13,21-22H,3-5,7-9H2. The van der Waals surface area contributed by atoms with Crippen LogP contribution in [0.3, 0.4) is 0 Å². The number of rotatable bonds is 5. The van der Waals surface area contributed by atoms with Crippen molar-refractivity contribution < 1.29 is 9.79 Å². The second kappa shape index (κ2) is 7.77. The summed E-state index contributed by atoms with van der Waals surface area (Å²) >= 11 is 0. The number of pyridine rings is 1. The number of hydrogen-bond donors (Lipinski definition) is 2. The molecule has 0 atom stereocenters. The smallest absolute Gasteiger partial charge is 0.164 e. The molecule has 1 aliphatic heterocycles. The fourth-order valence-corrected chi connectivity index (χ4v) is 3.54. The molecule has 2 aromatic rings. The van der Waals surface area contributed by atoms with E-state index in [4.69, 9.17) is 9.79 Å². The van der Waals surface area contributed by atoms with Gasteiger partial charge in [0.15, 0.2) is 8.38 Å². The van der Waals surface area contributed by atoms with Crippen LogP contribution in [0.2, 0.25) is 0 Å². The van der Waals surface area contributed by atoms with Gasteiger partial charge in [0.1, 0.15) is 12.1 Å². The predicted molar refractivity (Wildman–Crippen MR) is 91.0 cm³/mol. The van der Waals surface area contributed by atoms with Crippen LogP contribution in [0.25, 0.3) is 11.3 Å². The lowest BCUT2D eigenvalue weighted by atomic mass is 9.94. The van der Waals surface area contributed by atoms with Gasteiger partial charge in [-0.15, -0.1) is 0 Å². The van der Waals surface area contributed by atoms with Gasteiger partial charge in [0.25, 0.3) is 0 Å². The summed E-state index contributed by atoms with van der Waals surface area (Å²) in [4.78, 5) is 33.2. The van der Waals surface area contributed by atoms with Crippen molar-refractivity contribution >= 4 is 14.2 Å². The normalized spacial score (nSPS) is 16.0. The maximum absolute atomic E-state index is 9.04. The number of anilines is 1. The van der Waals surface area contributed by atoms with Crippen molar-refractivity contribution in [3.63, 3.8) is 0 Å². The molecular formula is C16H21N4O2P. The van der Waals surface area contributed by atoms with Gasteiger partial charge in [-0.1, -0.05) is 0 Å². The Hall–Kier alpha value is -1.62. The minimum Gasteiger partial charge on any atom is -0.356 e. The lowest BCUT2D eigenvalue weighted by Crippen LogP contribution is -2.34. The zero-order chi connectivity index (χ0) is 16.1. The molecule has 0 aliphatic carbocycles. The highest BCUT2D eigenvalue weighted by Crippen LogP contribution is 2.31. The van der Waals surface area contributed by atoms with Crippen LogP contribution in [0.4, 0.5) is 5.82 Å². The van der Waals surface area contributed by atoms with Crippen molar-refractivity contribution in [2.24, 2.45) is 5.92 Å². The zero-order valence-corrected chi connectivity index (χ0v) is 13.8.